The van der Waals surface area contributed by atoms with Gasteiger partial charge < -0.3 is 10.2 Å². The third-order valence-electron chi connectivity index (χ3n) is 4.16. The van der Waals surface area contributed by atoms with Crippen molar-refractivity contribution in [3.8, 4) is 0 Å². The van der Waals surface area contributed by atoms with Crippen molar-refractivity contribution >= 4 is 29.0 Å². The van der Waals surface area contributed by atoms with Crippen molar-refractivity contribution in [3.05, 3.63) is 53.7 Å². The van der Waals surface area contributed by atoms with E-state index in [-0.39, 0.29) is 16.8 Å². The monoisotopic (exact) mass is 384 g/mol. The predicted octanol–water partition coefficient (Wildman–Crippen LogP) is 3.63. The number of amides is 1. The molecule has 1 aromatic heterocycles. The van der Waals surface area contributed by atoms with Crippen molar-refractivity contribution in [2.75, 3.05) is 18.0 Å². The third kappa shape index (κ3) is 3.70. The molecule has 5 nitrogen and oxygen atoms in total. The number of nitrogens with one attached hydrogen (secondary N) is 1. The summed E-state index contributed by atoms with van der Waals surface area (Å²) in [4.78, 5) is 13.2. The number of nitrogens with zero attached hydrogens (tertiary/aromatic N) is 3. The summed E-state index contributed by atoms with van der Waals surface area (Å²) in [6.07, 6.45) is -1.65. The van der Waals surface area contributed by atoms with Gasteiger partial charge in [0, 0.05) is 31.6 Å². The number of carbonyl (C=O) groups excluding carboxylic acids is 1. The van der Waals surface area contributed by atoms with Crippen molar-refractivity contribution in [1.29, 1.82) is 0 Å². The first-order chi connectivity index (χ1) is 12.3. The molecule has 1 amide bonds. The number of anilines is 2. The van der Waals surface area contributed by atoms with Gasteiger partial charge in [-0.3, -0.25) is 4.79 Å². The smallest absolute Gasteiger partial charge is 0.352 e. The van der Waals surface area contributed by atoms with E-state index in [1.54, 1.807) is 16.9 Å². The summed E-state index contributed by atoms with van der Waals surface area (Å²) in [5.74, 6) is 0.456. The summed E-state index contributed by atoms with van der Waals surface area (Å²) >= 11 is 6.15. The minimum atomic E-state index is -4.46. The van der Waals surface area contributed by atoms with Crippen LogP contribution in [0.5, 0.6) is 0 Å². The molecule has 0 saturated heterocycles. The molecule has 138 valence electrons. The second-order valence-corrected chi connectivity index (χ2v) is 6.37. The van der Waals surface area contributed by atoms with Gasteiger partial charge in [-0.1, -0.05) is 18.2 Å². The van der Waals surface area contributed by atoms with Crippen LogP contribution in [0.1, 0.15) is 5.56 Å². The van der Waals surface area contributed by atoms with Gasteiger partial charge in [-0.2, -0.15) is 18.3 Å². The van der Waals surface area contributed by atoms with Gasteiger partial charge in [-0.15, -0.1) is 0 Å². The zero-order valence-electron chi connectivity index (χ0n) is 13.6. The normalized spacial score (nSPS) is 16.9. The number of hydrogen-bond acceptors (Lipinski definition) is 3. The molecule has 0 aliphatic carbocycles. The van der Waals surface area contributed by atoms with Gasteiger partial charge >= 0.3 is 6.18 Å². The molecule has 0 fully saturated rings. The van der Waals surface area contributed by atoms with Crippen LogP contribution in [0, 0.1) is 5.92 Å². The molecule has 3 rings (SSSR count). The lowest BCUT2D eigenvalue weighted by Gasteiger charge is -2.35. The van der Waals surface area contributed by atoms with E-state index in [2.05, 4.69) is 17.0 Å². The number of alkyl halides is 3. The molecule has 1 atom stereocenters. The van der Waals surface area contributed by atoms with Gasteiger partial charge in [0.05, 0.1) is 22.5 Å². The molecule has 0 saturated carbocycles. The van der Waals surface area contributed by atoms with Crippen molar-refractivity contribution < 1.29 is 18.0 Å². The number of benzene rings is 1. The highest BCUT2D eigenvalue weighted by atomic mass is 35.5. The molecular weight excluding hydrogens is 369 g/mol. The molecule has 2 aromatic rings. The highest BCUT2D eigenvalue weighted by molar-refractivity contribution is 6.33. The Balaban J connectivity index is 1.89. The largest absolute Gasteiger partial charge is 0.416 e. The number of fused-ring (bicyclic) bond motifs is 1. The van der Waals surface area contributed by atoms with Gasteiger partial charge in [0.15, 0.2) is 0 Å². The molecule has 1 N–H and O–H groups in total. The van der Waals surface area contributed by atoms with Crippen molar-refractivity contribution in [2.24, 2.45) is 5.92 Å². The first-order valence-corrected chi connectivity index (χ1v) is 8.23. The average molecular weight is 385 g/mol. The fourth-order valence-electron chi connectivity index (χ4n) is 2.92. The number of hydrogen-bond donors (Lipinski definition) is 1. The van der Waals surface area contributed by atoms with Crippen molar-refractivity contribution in [3.63, 3.8) is 0 Å². The predicted molar refractivity (Wildman–Crippen MR) is 92.4 cm³/mol. The Hall–Kier alpha value is -2.48. The van der Waals surface area contributed by atoms with Gasteiger partial charge in [-0.25, -0.2) is 4.68 Å². The topological polar surface area (TPSA) is 50.2 Å². The van der Waals surface area contributed by atoms with E-state index in [0.29, 0.717) is 25.3 Å². The van der Waals surface area contributed by atoms with E-state index in [1.807, 2.05) is 4.90 Å². The second kappa shape index (κ2) is 7.03. The maximum atomic E-state index is 12.9. The van der Waals surface area contributed by atoms with Crippen LogP contribution in [0.4, 0.5) is 24.7 Å². The van der Waals surface area contributed by atoms with Crippen LogP contribution in [0.2, 0.25) is 5.02 Å². The summed E-state index contributed by atoms with van der Waals surface area (Å²) in [6.45, 7) is 4.85. The zero-order chi connectivity index (χ0) is 18.9. The molecule has 1 aromatic carbocycles. The maximum Gasteiger partial charge on any atom is 0.416 e. The van der Waals surface area contributed by atoms with Gasteiger partial charge in [0.2, 0.25) is 5.91 Å². The molecule has 0 radical (unpaired) electrons. The molecule has 9 heteroatoms. The van der Waals surface area contributed by atoms with Gasteiger partial charge in [0.25, 0.3) is 0 Å². The fourth-order valence-corrected chi connectivity index (χ4v) is 3.20. The Kier molecular flexibility index (Phi) is 4.95. The molecule has 1 aliphatic rings. The van der Waals surface area contributed by atoms with E-state index in [0.717, 1.165) is 18.0 Å². The van der Waals surface area contributed by atoms with Crippen molar-refractivity contribution in [2.45, 2.75) is 12.7 Å². The average Bonchev–Trinajstić information content (AvgIpc) is 3.06. The Morgan fingerprint density at radius 2 is 2.15 bits per heavy atom. The van der Waals surface area contributed by atoms with Crippen LogP contribution >= 0.6 is 11.6 Å². The first kappa shape index (κ1) is 18.3. The molecular formula is C17H16ClF3N4O. The highest BCUT2D eigenvalue weighted by Gasteiger charge is 2.32. The van der Waals surface area contributed by atoms with E-state index < -0.39 is 11.7 Å². The summed E-state index contributed by atoms with van der Waals surface area (Å²) < 4.78 is 40.3. The molecule has 0 spiro atoms. The van der Waals surface area contributed by atoms with Crippen molar-refractivity contribution in [1.82, 2.24) is 15.1 Å². The number of aromatic nitrogens is 2. The standard InChI is InChI=1S/C17H16ClF3N4O/c1-2-15(26)22-8-11-9-24(16-5-6-23-25(16)10-11)14-4-3-12(7-13(14)18)17(19,20)21/h2-7,11H,1,8-10H2,(H,22,26)/t11-/m1/s1. The van der Waals surface area contributed by atoms with Crippen LogP contribution in [0.25, 0.3) is 0 Å². The lowest BCUT2D eigenvalue weighted by molar-refractivity contribution is -0.137. The molecule has 1 aliphatic heterocycles. The van der Waals surface area contributed by atoms with E-state index >= 15 is 0 Å². The Bertz CT molecular complexity index is 834. The Morgan fingerprint density at radius 3 is 2.81 bits per heavy atom. The molecule has 0 bridgehead atoms. The summed E-state index contributed by atoms with van der Waals surface area (Å²) in [5, 5.41) is 6.97. The number of rotatable bonds is 4. The fraction of sp³-hybridized carbons (Fsp3) is 0.294. The van der Waals surface area contributed by atoms with Crippen LogP contribution in [0.15, 0.2) is 43.1 Å². The summed E-state index contributed by atoms with van der Waals surface area (Å²) in [7, 11) is 0. The van der Waals surface area contributed by atoms with Crippen LogP contribution < -0.4 is 10.2 Å². The van der Waals surface area contributed by atoms with Gasteiger partial charge in [0.1, 0.15) is 5.82 Å². The second-order valence-electron chi connectivity index (χ2n) is 5.96. The van der Waals surface area contributed by atoms with E-state index in [4.69, 9.17) is 11.6 Å². The quantitative estimate of drug-likeness (QED) is 0.819. The lowest BCUT2D eigenvalue weighted by Crippen LogP contribution is -2.41. The third-order valence-corrected chi connectivity index (χ3v) is 4.46. The minimum Gasteiger partial charge on any atom is -0.352 e. The Labute approximate surface area is 153 Å². The maximum absolute atomic E-state index is 12.9. The summed E-state index contributed by atoms with van der Waals surface area (Å²) in [6, 6.07) is 5.05. The molecule has 2 heterocycles. The molecule has 0 unspecified atom stereocenters. The highest BCUT2D eigenvalue weighted by Crippen LogP contribution is 2.39. The first-order valence-electron chi connectivity index (χ1n) is 7.86. The van der Waals surface area contributed by atoms with Crippen LogP contribution in [-0.2, 0) is 17.5 Å². The SMILES string of the molecule is C=CC(=O)NC[C@@H]1CN(c2ccc(C(F)(F)F)cc2Cl)c2ccnn2C1. The minimum absolute atomic E-state index is 0.00310. The molecule has 26 heavy (non-hydrogen) atoms. The van der Waals surface area contributed by atoms with Crippen LogP contribution in [-0.4, -0.2) is 28.8 Å². The number of halogens is 4. The van der Waals surface area contributed by atoms with Gasteiger partial charge in [-0.05, 0) is 24.3 Å². The number of carbonyl (C=O) groups is 1. The zero-order valence-corrected chi connectivity index (χ0v) is 14.4. The van der Waals surface area contributed by atoms with E-state index in [9.17, 15) is 18.0 Å². The van der Waals surface area contributed by atoms with Crippen LogP contribution in [0.3, 0.4) is 0 Å². The van der Waals surface area contributed by atoms with E-state index in [1.165, 1.54) is 12.1 Å². The Morgan fingerprint density at radius 1 is 1.38 bits per heavy atom. The summed E-state index contributed by atoms with van der Waals surface area (Å²) in [5.41, 5.74) is -0.340. The lowest BCUT2D eigenvalue weighted by atomic mass is 10.1.